The van der Waals surface area contributed by atoms with Gasteiger partial charge >= 0.3 is 0 Å². The van der Waals surface area contributed by atoms with E-state index in [0.717, 1.165) is 17.2 Å². The smallest absolute Gasteiger partial charge is 0.257 e. The van der Waals surface area contributed by atoms with E-state index in [1.165, 1.54) is 18.5 Å². The Kier molecular flexibility index (Phi) is 5.92. The number of nitrogens with one attached hydrogen (secondary N) is 2. The molecule has 0 aliphatic heterocycles. The first-order valence-corrected chi connectivity index (χ1v) is 8.59. The molecule has 0 radical (unpaired) electrons. The van der Waals surface area contributed by atoms with Crippen LogP contribution in [-0.2, 0) is 6.54 Å². The molecule has 3 aromatic rings. The number of hydrogen-bond acceptors (Lipinski definition) is 3. The zero-order valence-electron chi connectivity index (χ0n) is 15.3. The Morgan fingerprint density at radius 2 is 1.62 bits per heavy atom. The maximum Gasteiger partial charge on any atom is 0.257 e. The highest BCUT2D eigenvalue weighted by molar-refractivity contribution is 6.05. The SMILES string of the molecule is Cc1ccccc1CNC(=O)c1cncc(C(=O)Nc2ccc(F)c(F)c2F)c1. The molecular weight excluding hydrogens is 383 g/mol. The van der Waals surface area contributed by atoms with E-state index in [4.69, 9.17) is 0 Å². The lowest BCUT2D eigenvalue weighted by atomic mass is 10.1. The van der Waals surface area contributed by atoms with Crippen LogP contribution in [0.2, 0.25) is 0 Å². The van der Waals surface area contributed by atoms with Gasteiger partial charge in [0.15, 0.2) is 17.5 Å². The van der Waals surface area contributed by atoms with Crippen molar-refractivity contribution in [3.05, 3.63) is 94.6 Å². The number of amides is 2. The number of halogens is 3. The Morgan fingerprint density at radius 1 is 0.931 bits per heavy atom. The zero-order valence-corrected chi connectivity index (χ0v) is 15.3. The number of hydrogen-bond donors (Lipinski definition) is 2. The van der Waals surface area contributed by atoms with Crippen molar-refractivity contribution in [3.8, 4) is 0 Å². The van der Waals surface area contributed by atoms with Gasteiger partial charge in [-0.1, -0.05) is 24.3 Å². The van der Waals surface area contributed by atoms with Gasteiger partial charge in [-0.3, -0.25) is 14.6 Å². The summed E-state index contributed by atoms with van der Waals surface area (Å²) in [7, 11) is 0. The molecular formula is C21H16F3N3O2. The number of benzene rings is 2. The molecule has 1 heterocycles. The van der Waals surface area contributed by atoms with Crippen LogP contribution in [0.15, 0.2) is 54.9 Å². The Hall–Kier alpha value is -3.68. The van der Waals surface area contributed by atoms with Gasteiger partial charge in [-0.05, 0) is 36.2 Å². The van der Waals surface area contributed by atoms with Gasteiger partial charge in [-0.25, -0.2) is 13.2 Å². The van der Waals surface area contributed by atoms with Crippen molar-refractivity contribution in [3.63, 3.8) is 0 Å². The normalized spacial score (nSPS) is 10.5. The summed E-state index contributed by atoms with van der Waals surface area (Å²) in [6, 6.07) is 10.4. The number of aromatic nitrogens is 1. The lowest BCUT2D eigenvalue weighted by Crippen LogP contribution is -2.24. The van der Waals surface area contributed by atoms with E-state index in [1.54, 1.807) is 0 Å². The summed E-state index contributed by atoms with van der Waals surface area (Å²) >= 11 is 0. The van der Waals surface area contributed by atoms with Gasteiger partial charge in [0.25, 0.3) is 11.8 Å². The fraction of sp³-hybridized carbons (Fsp3) is 0.0952. The standard InChI is InChI=1S/C21H16F3N3O2/c1-12-4-2-3-5-13(12)11-26-20(28)14-8-15(10-25-9-14)21(29)27-17-7-6-16(22)18(23)19(17)24/h2-10H,11H2,1H3,(H,26,28)(H,27,29). The average molecular weight is 399 g/mol. The molecule has 1 aromatic heterocycles. The molecule has 148 valence electrons. The van der Waals surface area contributed by atoms with Gasteiger partial charge in [-0.2, -0.15) is 0 Å². The Bertz CT molecular complexity index is 1090. The fourth-order valence-corrected chi connectivity index (χ4v) is 2.59. The summed E-state index contributed by atoms with van der Waals surface area (Å²) in [4.78, 5) is 28.5. The molecule has 2 N–H and O–H groups in total. The number of rotatable bonds is 5. The van der Waals surface area contributed by atoms with Crippen molar-refractivity contribution in [1.29, 1.82) is 0 Å². The van der Waals surface area contributed by atoms with E-state index in [1.807, 2.05) is 31.2 Å². The molecule has 29 heavy (non-hydrogen) atoms. The van der Waals surface area contributed by atoms with Crippen LogP contribution >= 0.6 is 0 Å². The minimum Gasteiger partial charge on any atom is -0.348 e. The molecule has 0 bridgehead atoms. The summed E-state index contributed by atoms with van der Waals surface area (Å²) in [6.07, 6.45) is 2.45. The molecule has 5 nitrogen and oxygen atoms in total. The van der Waals surface area contributed by atoms with Gasteiger partial charge in [0.2, 0.25) is 0 Å². The van der Waals surface area contributed by atoms with Crippen LogP contribution < -0.4 is 10.6 Å². The van der Waals surface area contributed by atoms with Crippen LogP contribution in [-0.4, -0.2) is 16.8 Å². The second-order valence-electron chi connectivity index (χ2n) is 6.25. The third kappa shape index (κ3) is 4.60. The summed E-state index contributed by atoms with van der Waals surface area (Å²) in [5.41, 5.74) is 1.52. The summed E-state index contributed by atoms with van der Waals surface area (Å²) in [5.74, 6) is -5.84. The van der Waals surface area contributed by atoms with Crippen molar-refractivity contribution < 1.29 is 22.8 Å². The molecule has 2 amide bonds. The first-order valence-electron chi connectivity index (χ1n) is 8.59. The molecule has 3 rings (SSSR count). The largest absolute Gasteiger partial charge is 0.348 e. The van der Waals surface area contributed by atoms with Crippen molar-refractivity contribution >= 4 is 17.5 Å². The third-order valence-corrected chi connectivity index (χ3v) is 4.25. The van der Waals surface area contributed by atoms with E-state index in [-0.39, 0.29) is 11.1 Å². The van der Waals surface area contributed by atoms with E-state index >= 15 is 0 Å². The van der Waals surface area contributed by atoms with Gasteiger partial charge < -0.3 is 10.6 Å². The quantitative estimate of drug-likeness (QED) is 0.638. The lowest BCUT2D eigenvalue weighted by Gasteiger charge is -2.10. The maximum atomic E-state index is 13.7. The van der Waals surface area contributed by atoms with E-state index in [2.05, 4.69) is 15.6 Å². The minimum absolute atomic E-state index is 0.0438. The summed E-state index contributed by atoms with van der Waals surface area (Å²) in [5, 5.41) is 4.87. The van der Waals surface area contributed by atoms with E-state index < -0.39 is 35.0 Å². The topological polar surface area (TPSA) is 71.1 Å². The summed E-state index contributed by atoms with van der Waals surface area (Å²) in [6.45, 7) is 2.22. The molecule has 0 atom stereocenters. The second kappa shape index (κ2) is 8.55. The number of pyridine rings is 1. The lowest BCUT2D eigenvalue weighted by molar-refractivity contribution is 0.0950. The minimum atomic E-state index is -1.69. The number of carbonyl (C=O) groups excluding carboxylic acids is 2. The van der Waals surface area contributed by atoms with Crippen molar-refractivity contribution in [2.24, 2.45) is 0 Å². The first-order chi connectivity index (χ1) is 13.9. The Morgan fingerprint density at radius 3 is 2.34 bits per heavy atom. The number of aryl methyl sites for hydroxylation is 1. The number of anilines is 1. The maximum absolute atomic E-state index is 13.7. The monoisotopic (exact) mass is 399 g/mol. The van der Waals surface area contributed by atoms with Crippen molar-refractivity contribution in [2.45, 2.75) is 13.5 Å². The molecule has 0 spiro atoms. The van der Waals surface area contributed by atoms with E-state index in [9.17, 15) is 22.8 Å². The molecule has 0 unspecified atom stereocenters. The van der Waals surface area contributed by atoms with Crippen LogP contribution in [0.4, 0.5) is 18.9 Å². The third-order valence-electron chi connectivity index (χ3n) is 4.25. The van der Waals surface area contributed by atoms with Crippen molar-refractivity contribution in [1.82, 2.24) is 10.3 Å². The number of nitrogens with zero attached hydrogens (tertiary/aromatic N) is 1. The van der Waals surface area contributed by atoms with Gasteiger partial charge in [-0.15, -0.1) is 0 Å². The zero-order chi connectivity index (χ0) is 21.0. The molecule has 0 aliphatic carbocycles. The van der Waals surface area contributed by atoms with Gasteiger partial charge in [0.05, 0.1) is 16.8 Å². The van der Waals surface area contributed by atoms with Crippen LogP contribution in [0, 0.1) is 24.4 Å². The molecule has 0 saturated heterocycles. The molecule has 8 heteroatoms. The highest BCUT2D eigenvalue weighted by Crippen LogP contribution is 2.20. The van der Waals surface area contributed by atoms with Gasteiger partial charge in [0.1, 0.15) is 0 Å². The fourth-order valence-electron chi connectivity index (χ4n) is 2.59. The van der Waals surface area contributed by atoms with Crippen LogP contribution in [0.5, 0.6) is 0 Å². The molecule has 0 saturated carbocycles. The average Bonchev–Trinajstić information content (AvgIpc) is 2.73. The Labute approximate surface area is 164 Å². The second-order valence-corrected chi connectivity index (χ2v) is 6.25. The first kappa shape index (κ1) is 20.1. The highest BCUT2D eigenvalue weighted by Gasteiger charge is 2.17. The highest BCUT2D eigenvalue weighted by atomic mass is 19.2. The molecule has 0 fully saturated rings. The Balaban J connectivity index is 1.72. The van der Waals surface area contributed by atoms with Crippen LogP contribution in [0.1, 0.15) is 31.8 Å². The van der Waals surface area contributed by atoms with E-state index in [0.29, 0.717) is 12.6 Å². The van der Waals surface area contributed by atoms with Crippen molar-refractivity contribution in [2.75, 3.05) is 5.32 Å². The molecule has 0 aliphatic rings. The number of carbonyl (C=O) groups is 2. The van der Waals surface area contributed by atoms with Crippen LogP contribution in [0.3, 0.4) is 0 Å². The predicted molar refractivity (Wildman–Crippen MR) is 101 cm³/mol. The summed E-state index contributed by atoms with van der Waals surface area (Å²) < 4.78 is 40.0. The predicted octanol–water partition coefficient (Wildman–Crippen LogP) is 3.99. The van der Waals surface area contributed by atoms with Crippen LogP contribution in [0.25, 0.3) is 0 Å². The molecule has 2 aromatic carbocycles. The van der Waals surface area contributed by atoms with Gasteiger partial charge in [0, 0.05) is 18.9 Å².